The van der Waals surface area contributed by atoms with Crippen LogP contribution in [0.25, 0.3) is 10.8 Å². The molecular weight excluding hydrogens is 380 g/mol. The third kappa shape index (κ3) is 3.33. The van der Waals surface area contributed by atoms with Gasteiger partial charge in [-0.3, -0.25) is 4.79 Å². The second-order valence-corrected chi connectivity index (χ2v) is 8.55. The highest BCUT2D eigenvalue weighted by molar-refractivity contribution is 5.93. The largest absolute Gasteiger partial charge is 0.436 e. The van der Waals surface area contributed by atoms with Crippen LogP contribution in [0.3, 0.4) is 0 Å². The van der Waals surface area contributed by atoms with Gasteiger partial charge in [0.25, 0.3) is 5.91 Å². The van der Waals surface area contributed by atoms with Gasteiger partial charge in [-0.1, -0.05) is 24.3 Å². The van der Waals surface area contributed by atoms with E-state index < -0.39 is 6.10 Å². The first kappa shape index (κ1) is 19.1. The van der Waals surface area contributed by atoms with E-state index in [9.17, 15) is 9.90 Å². The standard InChI is InChI=1S/C23H26N4O3/c1-13-21(30-14(2)25-13)23(29)26-19-9-16-11-27(12-17(16)10-20(19)28)22-18-6-4-3-5-15(18)7-8-24-22/h3-8,16-17,19-20,28H,9-12H2,1-2H3,(H,26,29)/t16-,17+,19-,20-/m0/s1. The topological polar surface area (TPSA) is 91.5 Å². The number of nitrogens with one attached hydrogen (secondary N) is 1. The molecule has 1 aliphatic heterocycles. The zero-order valence-electron chi connectivity index (χ0n) is 17.2. The van der Waals surface area contributed by atoms with E-state index in [0.29, 0.717) is 29.8 Å². The summed E-state index contributed by atoms with van der Waals surface area (Å²) in [6.07, 6.45) is 2.70. The lowest BCUT2D eigenvalue weighted by Crippen LogP contribution is -2.49. The van der Waals surface area contributed by atoms with Crippen LogP contribution < -0.4 is 10.2 Å². The number of rotatable bonds is 3. The fourth-order valence-electron chi connectivity index (χ4n) is 5.09. The Labute approximate surface area is 175 Å². The van der Waals surface area contributed by atoms with Gasteiger partial charge in [-0.25, -0.2) is 9.97 Å². The number of fused-ring (bicyclic) bond motifs is 2. The van der Waals surface area contributed by atoms with E-state index in [0.717, 1.165) is 30.7 Å². The van der Waals surface area contributed by atoms with Crippen LogP contribution in [0.2, 0.25) is 0 Å². The number of amides is 1. The average Bonchev–Trinajstić information content (AvgIpc) is 3.29. The molecule has 1 saturated heterocycles. The van der Waals surface area contributed by atoms with Crippen molar-refractivity contribution in [2.45, 2.75) is 38.8 Å². The first-order valence-electron chi connectivity index (χ1n) is 10.5. The summed E-state index contributed by atoms with van der Waals surface area (Å²) in [4.78, 5) is 23.8. The van der Waals surface area contributed by atoms with Crippen molar-refractivity contribution in [2.75, 3.05) is 18.0 Å². The van der Waals surface area contributed by atoms with Crippen LogP contribution in [0, 0.1) is 25.7 Å². The van der Waals surface area contributed by atoms with Crippen LogP contribution in [-0.4, -0.2) is 46.2 Å². The Morgan fingerprint density at radius 3 is 2.70 bits per heavy atom. The monoisotopic (exact) mass is 406 g/mol. The lowest BCUT2D eigenvalue weighted by Gasteiger charge is -2.35. The van der Waals surface area contributed by atoms with E-state index in [1.165, 1.54) is 5.39 Å². The van der Waals surface area contributed by atoms with E-state index in [-0.39, 0.29) is 17.7 Å². The number of carbonyl (C=O) groups is 1. The van der Waals surface area contributed by atoms with Crippen LogP contribution in [0.15, 0.2) is 40.9 Å². The molecule has 0 spiro atoms. The summed E-state index contributed by atoms with van der Waals surface area (Å²) in [5.41, 5.74) is 0.572. The molecule has 30 heavy (non-hydrogen) atoms. The van der Waals surface area contributed by atoms with Crippen molar-refractivity contribution in [2.24, 2.45) is 11.8 Å². The number of aliphatic hydroxyl groups is 1. The third-order valence-electron chi connectivity index (χ3n) is 6.52. The van der Waals surface area contributed by atoms with Gasteiger partial charge in [0, 0.05) is 31.6 Å². The Hall–Kier alpha value is -2.93. The summed E-state index contributed by atoms with van der Waals surface area (Å²) in [5, 5.41) is 16.0. The van der Waals surface area contributed by atoms with Crippen LogP contribution in [0.4, 0.5) is 5.82 Å². The minimum atomic E-state index is -0.569. The molecule has 3 heterocycles. The number of aryl methyl sites for hydroxylation is 2. The number of hydrogen-bond acceptors (Lipinski definition) is 6. The number of oxazole rings is 1. The molecule has 7 nitrogen and oxygen atoms in total. The summed E-state index contributed by atoms with van der Waals surface area (Å²) < 4.78 is 5.43. The highest BCUT2D eigenvalue weighted by Gasteiger charge is 2.43. The third-order valence-corrected chi connectivity index (χ3v) is 6.52. The lowest BCUT2D eigenvalue weighted by atomic mass is 9.77. The molecule has 5 rings (SSSR count). The number of aromatic nitrogens is 2. The molecule has 1 aromatic carbocycles. The van der Waals surface area contributed by atoms with Gasteiger partial charge >= 0.3 is 0 Å². The van der Waals surface area contributed by atoms with Crippen LogP contribution in [0.5, 0.6) is 0 Å². The number of nitrogens with zero attached hydrogens (tertiary/aromatic N) is 3. The first-order valence-corrected chi connectivity index (χ1v) is 10.5. The second kappa shape index (κ2) is 7.40. The number of anilines is 1. The molecule has 1 amide bonds. The maximum absolute atomic E-state index is 12.6. The fourth-order valence-corrected chi connectivity index (χ4v) is 5.09. The maximum atomic E-state index is 12.6. The molecule has 2 aliphatic rings. The highest BCUT2D eigenvalue weighted by Crippen LogP contribution is 2.39. The Balaban J connectivity index is 1.32. The summed E-state index contributed by atoms with van der Waals surface area (Å²) in [6, 6.07) is 10.0. The molecule has 4 atom stereocenters. The van der Waals surface area contributed by atoms with Gasteiger partial charge in [-0.05, 0) is 43.1 Å². The van der Waals surface area contributed by atoms with Crippen molar-refractivity contribution in [1.29, 1.82) is 0 Å². The molecule has 0 unspecified atom stereocenters. The Morgan fingerprint density at radius 1 is 1.17 bits per heavy atom. The van der Waals surface area contributed by atoms with Crippen molar-refractivity contribution in [3.63, 3.8) is 0 Å². The van der Waals surface area contributed by atoms with Crippen molar-refractivity contribution < 1.29 is 14.3 Å². The smallest absolute Gasteiger partial charge is 0.289 e. The van der Waals surface area contributed by atoms with E-state index >= 15 is 0 Å². The number of aliphatic hydroxyl groups excluding tert-OH is 1. The second-order valence-electron chi connectivity index (χ2n) is 8.55. The summed E-state index contributed by atoms with van der Waals surface area (Å²) in [7, 11) is 0. The highest BCUT2D eigenvalue weighted by atomic mass is 16.4. The molecule has 7 heteroatoms. The maximum Gasteiger partial charge on any atom is 0.289 e. The van der Waals surface area contributed by atoms with E-state index in [2.05, 4.69) is 32.3 Å². The molecule has 1 saturated carbocycles. The summed E-state index contributed by atoms with van der Waals surface area (Å²) >= 11 is 0. The molecule has 0 radical (unpaired) electrons. The average molecular weight is 406 g/mol. The summed E-state index contributed by atoms with van der Waals surface area (Å²) in [5.74, 6) is 2.19. The predicted molar refractivity (Wildman–Crippen MR) is 113 cm³/mol. The summed E-state index contributed by atoms with van der Waals surface area (Å²) in [6.45, 7) is 5.23. The number of hydrogen-bond donors (Lipinski definition) is 2. The zero-order chi connectivity index (χ0) is 20.8. The Bertz CT molecular complexity index is 1090. The van der Waals surface area contributed by atoms with Crippen molar-refractivity contribution >= 4 is 22.5 Å². The molecule has 0 bridgehead atoms. The first-order chi connectivity index (χ1) is 14.5. The number of carbonyl (C=O) groups excluding carboxylic acids is 1. The van der Waals surface area contributed by atoms with Gasteiger partial charge in [-0.15, -0.1) is 0 Å². The van der Waals surface area contributed by atoms with Crippen LogP contribution >= 0.6 is 0 Å². The predicted octanol–water partition coefficient (Wildman–Crippen LogP) is 2.85. The Morgan fingerprint density at radius 2 is 1.93 bits per heavy atom. The molecule has 156 valence electrons. The minimum Gasteiger partial charge on any atom is -0.436 e. The molecule has 1 aliphatic carbocycles. The van der Waals surface area contributed by atoms with Crippen molar-refractivity contribution in [3.05, 3.63) is 53.9 Å². The number of benzene rings is 1. The van der Waals surface area contributed by atoms with E-state index in [4.69, 9.17) is 4.42 Å². The van der Waals surface area contributed by atoms with Crippen LogP contribution in [0.1, 0.15) is 35.0 Å². The fraction of sp³-hybridized carbons (Fsp3) is 0.435. The van der Waals surface area contributed by atoms with Gasteiger partial charge in [0.2, 0.25) is 5.76 Å². The normalized spacial score (nSPS) is 26.0. The number of pyridine rings is 1. The van der Waals surface area contributed by atoms with E-state index in [1.807, 2.05) is 24.4 Å². The van der Waals surface area contributed by atoms with Crippen LogP contribution in [-0.2, 0) is 0 Å². The molecule has 2 fully saturated rings. The molecule has 3 aromatic rings. The quantitative estimate of drug-likeness (QED) is 0.695. The zero-order valence-corrected chi connectivity index (χ0v) is 17.2. The van der Waals surface area contributed by atoms with Crippen molar-refractivity contribution in [3.8, 4) is 0 Å². The lowest BCUT2D eigenvalue weighted by molar-refractivity contribution is 0.0452. The van der Waals surface area contributed by atoms with E-state index in [1.54, 1.807) is 13.8 Å². The van der Waals surface area contributed by atoms with Crippen molar-refractivity contribution in [1.82, 2.24) is 15.3 Å². The van der Waals surface area contributed by atoms with Gasteiger partial charge in [-0.2, -0.15) is 0 Å². The van der Waals surface area contributed by atoms with Gasteiger partial charge in [0.05, 0.1) is 17.8 Å². The van der Waals surface area contributed by atoms with Gasteiger partial charge in [0.15, 0.2) is 5.89 Å². The molecule has 2 N–H and O–H groups in total. The minimum absolute atomic E-state index is 0.231. The Kier molecular flexibility index (Phi) is 4.70. The van der Waals surface area contributed by atoms with Gasteiger partial charge < -0.3 is 19.7 Å². The SMILES string of the molecule is Cc1nc(C)c(C(=O)N[C@H]2C[C@H]3CN(c4nccc5ccccc45)C[C@H]3C[C@@H]2O)o1. The molecule has 2 aromatic heterocycles. The van der Waals surface area contributed by atoms with Gasteiger partial charge in [0.1, 0.15) is 5.82 Å². The molecular formula is C23H26N4O3.